The number of aromatic amines is 1. The summed E-state index contributed by atoms with van der Waals surface area (Å²) in [6.07, 6.45) is 5.18. The van der Waals surface area contributed by atoms with Gasteiger partial charge in [-0.05, 0) is 19.1 Å². The number of fused-ring (bicyclic) bond motifs is 1. The number of rotatable bonds is 2. The van der Waals surface area contributed by atoms with Crippen molar-refractivity contribution < 1.29 is 6.15 Å². The highest BCUT2D eigenvalue weighted by Crippen LogP contribution is 2.17. The summed E-state index contributed by atoms with van der Waals surface area (Å²) in [6, 6.07) is 0.137. The standard InChI is InChI=1S/C11H16N4O2S/c1-18-10-12-6-8-9(14-10)15(11(16)13-8)7-2-4-17-5-3-7/h6-7,10,12H,2-5H2,1H3,(H,13,16)/i/hD. The number of H-pyrrole nitrogens is 1. The Balaban J connectivity index is 2.12. The van der Waals surface area contributed by atoms with Gasteiger partial charge in [0.1, 0.15) is 5.35 Å². The molecule has 3 heterocycles. The van der Waals surface area contributed by atoms with Crippen molar-refractivity contribution in [3.8, 4) is 0 Å². The van der Waals surface area contributed by atoms with Crippen LogP contribution in [0.3, 0.4) is 0 Å². The van der Waals surface area contributed by atoms with E-state index >= 15 is 0 Å². The molecule has 1 aromatic rings. The van der Waals surface area contributed by atoms with Gasteiger partial charge in [-0.15, -0.1) is 11.8 Å². The molecule has 0 aromatic carbocycles. The Kier molecular flexibility index (Phi) is 2.86. The van der Waals surface area contributed by atoms with Crippen molar-refractivity contribution in [2.24, 2.45) is 4.99 Å². The predicted octanol–water partition coefficient (Wildman–Crippen LogP) is -0.865. The van der Waals surface area contributed by atoms with E-state index in [9.17, 15) is 4.79 Å². The maximum atomic E-state index is 12.1. The average Bonchev–Trinajstić information content (AvgIpc) is 2.73. The smallest absolute Gasteiger partial charge is 0.327 e. The minimum atomic E-state index is -0.297. The first-order valence-corrected chi connectivity index (χ1v) is 7.27. The average molecular weight is 269 g/mol. The molecule has 6 nitrogen and oxygen atoms in total. The molecule has 1 aromatic heterocycles. The number of thioether (sulfide) groups is 1. The maximum absolute atomic E-state index is 12.1. The van der Waals surface area contributed by atoms with E-state index in [1.807, 2.05) is 6.26 Å². The van der Waals surface area contributed by atoms with Gasteiger partial charge in [0.15, 0.2) is 12.4 Å². The summed E-state index contributed by atoms with van der Waals surface area (Å²) >= 11 is 1.47. The van der Waals surface area contributed by atoms with Gasteiger partial charge in [-0.1, -0.05) is 0 Å². The number of ether oxygens (including phenoxy) is 1. The van der Waals surface area contributed by atoms with Crippen LogP contribution in [0, 0.1) is 0 Å². The van der Waals surface area contributed by atoms with Crippen LogP contribution in [0.15, 0.2) is 9.79 Å². The van der Waals surface area contributed by atoms with Crippen LogP contribution in [-0.2, 0) is 4.74 Å². The van der Waals surface area contributed by atoms with Crippen molar-refractivity contribution in [2.45, 2.75) is 24.4 Å². The van der Waals surface area contributed by atoms with Gasteiger partial charge >= 0.3 is 5.69 Å². The summed E-state index contributed by atoms with van der Waals surface area (Å²) < 4.78 is 14.9. The van der Waals surface area contributed by atoms with E-state index < -0.39 is 0 Å². The normalized spacial score (nSPS) is 25.1. The third kappa shape index (κ3) is 1.97. The first-order chi connectivity index (χ1) is 9.20. The number of hydrogen-bond acceptors (Lipinski definition) is 5. The molecule has 98 valence electrons. The van der Waals surface area contributed by atoms with Gasteiger partial charge in [0.2, 0.25) is 0 Å². The molecule has 1 saturated heterocycles. The zero-order valence-electron chi connectivity index (χ0n) is 11.1. The number of nitrogens with one attached hydrogen (secondary N) is 2. The van der Waals surface area contributed by atoms with Gasteiger partial charge < -0.3 is 15.0 Å². The lowest BCUT2D eigenvalue weighted by Gasteiger charge is -2.23. The van der Waals surface area contributed by atoms with Crippen LogP contribution in [0.4, 0.5) is 0 Å². The highest BCUT2D eigenvalue weighted by atomic mass is 32.2. The highest BCUT2D eigenvalue weighted by molar-refractivity contribution is 7.99. The molecule has 1 atom stereocenters. The quantitative estimate of drug-likeness (QED) is 0.732. The molecule has 1 unspecified atom stereocenters. The number of hydrogen-bond donors (Lipinski definition) is 2. The molecule has 7 heteroatoms. The van der Waals surface area contributed by atoms with Crippen LogP contribution in [0.1, 0.15) is 18.9 Å². The van der Waals surface area contributed by atoms with E-state index in [1.54, 1.807) is 10.8 Å². The van der Waals surface area contributed by atoms with Crippen molar-refractivity contribution in [2.75, 3.05) is 19.5 Å². The second-order valence-corrected chi connectivity index (χ2v) is 5.24. The fourth-order valence-corrected chi connectivity index (χ4v) is 2.74. The summed E-state index contributed by atoms with van der Waals surface area (Å²) in [6.45, 7) is 1.36. The van der Waals surface area contributed by atoms with E-state index in [-0.39, 0.29) is 17.2 Å². The molecule has 2 aliphatic heterocycles. The maximum Gasteiger partial charge on any atom is 0.327 e. The Morgan fingerprint density at radius 2 is 2.39 bits per heavy atom. The molecule has 0 saturated carbocycles. The van der Waals surface area contributed by atoms with Gasteiger partial charge in [-0.2, -0.15) is 0 Å². The summed E-state index contributed by atoms with van der Waals surface area (Å²) in [5.41, 5.74) is 0.223. The van der Waals surface area contributed by atoms with Crippen LogP contribution in [0.2, 0.25) is 1.41 Å². The molecule has 1 fully saturated rings. The Morgan fingerprint density at radius 1 is 1.61 bits per heavy atom. The summed E-state index contributed by atoms with van der Waals surface area (Å²) in [4.78, 5) is 19.4. The van der Waals surface area contributed by atoms with Crippen molar-refractivity contribution >= 4 is 18.0 Å². The van der Waals surface area contributed by atoms with Gasteiger partial charge in [-0.3, -0.25) is 4.57 Å². The highest BCUT2D eigenvalue weighted by Gasteiger charge is 2.21. The largest absolute Gasteiger partial charge is 0.381 e. The van der Waals surface area contributed by atoms with Crippen molar-refractivity contribution in [3.05, 3.63) is 21.3 Å². The zero-order chi connectivity index (χ0) is 13.4. The second kappa shape index (κ2) is 4.81. The first kappa shape index (κ1) is 10.7. The van der Waals surface area contributed by atoms with Gasteiger partial charge in [-0.25, -0.2) is 9.79 Å². The van der Waals surface area contributed by atoms with Crippen LogP contribution in [0.5, 0.6) is 0 Å². The van der Waals surface area contributed by atoms with Gasteiger partial charge in [0.05, 0.1) is 0 Å². The first-order valence-electron chi connectivity index (χ1n) is 6.43. The van der Waals surface area contributed by atoms with E-state index in [4.69, 9.17) is 6.15 Å². The molecule has 3 rings (SSSR count). The van der Waals surface area contributed by atoms with Gasteiger partial charge in [0.25, 0.3) is 0 Å². The monoisotopic (exact) mass is 269 g/mol. The lowest BCUT2D eigenvalue weighted by atomic mass is 10.1. The molecule has 0 spiro atoms. The lowest BCUT2D eigenvalue weighted by molar-refractivity contribution is 0.0677. The topological polar surface area (TPSA) is 71.4 Å². The van der Waals surface area contributed by atoms with Crippen molar-refractivity contribution in [1.82, 2.24) is 14.9 Å². The molecular formula is C11H16N4O2S. The van der Waals surface area contributed by atoms with Crippen LogP contribution >= 0.6 is 11.8 Å². The zero-order valence-corrected chi connectivity index (χ0v) is 10.9. The Morgan fingerprint density at radius 3 is 3.11 bits per heavy atom. The molecule has 2 N–H and O–H groups in total. The van der Waals surface area contributed by atoms with Crippen molar-refractivity contribution in [3.63, 3.8) is 0 Å². The number of imidazole rings is 1. The molecule has 2 aliphatic rings. The molecule has 0 radical (unpaired) electrons. The van der Waals surface area contributed by atoms with Gasteiger partial charge in [0, 0.05) is 25.5 Å². The van der Waals surface area contributed by atoms with E-state index in [0.29, 0.717) is 24.1 Å². The second-order valence-electron chi connectivity index (χ2n) is 4.35. The van der Waals surface area contributed by atoms with E-state index in [0.717, 1.165) is 12.8 Å². The van der Waals surface area contributed by atoms with E-state index in [1.165, 1.54) is 17.1 Å². The number of nitrogens with zero attached hydrogens (tertiary/aromatic N) is 2. The SMILES string of the molecule is [2H]N1C=c2[nH]c(=O)n(C3CCOCC3)c2=NC1SC. The number of aromatic nitrogens is 2. The Bertz CT molecular complexity index is 634. The predicted molar refractivity (Wildman–Crippen MR) is 69.8 cm³/mol. The Hall–Kier alpha value is -1.21. The van der Waals surface area contributed by atoms with Crippen LogP contribution in [0.25, 0.3) is 6.20 Å². The third-order valence-corrected chi connectivity index (χ3v) is 3.91. The Labute approximate surface area is 110 Å². The minimum Gasteiger partial charge on any atom is -0.381 e. The summed E-state index contributed by atoms with van der Waals surface area (Å²) in [5, 5.41) is 1.88. The van der Waals surface area contributed by atoms with Crippen molar-refractivity contribution in [1.29, 1.82) is 0 Å². The molecule has 0 amide bonds. The molecule has 0 aliphatic carbocycles. The fraction of sp³-hybridized carbons (Fsp3) is 0.636. The lowest BCUT2D eigenvalue weighted by Crippen LogP contribution is -2.43. The van der Waals surface area contributed by atoms with E-state index in [2.05, 4.69) is 9.98 Å². The van der Waals surface area contributed by atoms with Crippen LogP contribution < -0.4 is 21.8 Å². The molecule has 0 bridgehead atoms. The molecular weight excluding hydrogens is 252 g/mol. The molecule has 18 heavy (non-hydrogen) atoms. The van der Waals surface area contributed by atoms with Crippen LogP contribution in [-0.4, -0.2) is 34.5 Å². The third-order valence-electron chi connectivity index (χ3n) is 3.26. The summed E-state index contributed by atoms with van der Waals surface area (Å²) in [7, 11) is 0. The minimum absolute atomic E-state index is 0.137. The fourth-order valence-electron chi connectivity index (χ4n) is 2.35. The summed E-state index contributed by atoms with van der Waals surface area (Å²) in [5.74, 6) is 0.